The van der Waals surface area contributed by atoms with Crippen LogP contribution in [0.15, 0.2) is 0 Å². The second-order valence-electron chi connectivity index (χ2n) is 9.16. The number of ether oxygens (including phenoxy) is 1. The number of carbonyl (C=O) groups is 3. The van der Waals surface area contributed by atoms with E-state index in [1.54, 1.807) is 6.92 Å². The lowest BCUT2D eigenvalue weighted by Crippen LogP contribution is -2.58. The number of carbonyl (C=O) groups excluding carboxylic acids is 3. The SMILES string of the molecule is CC1CN(S(=O)(=O)N2CCN(C(=O)CN3C(=O)NC(C)(C4CC4)C3=O)CC2)CC(C)O1. The van der Waals surface area contributed by atoms with Crippen molar-refractivity contribution in [3.05, 3.63) is 0 Å². The molecule has 31 heavy (non-hydrogen) atoms. The van der Waals surface area contributed by atoms with Crippen LogP contribution in [0.3, 0.4) is 0 Å². The predicted molar refractivity (Wildman–Crippen MR) is 110 cm³/mol. The Hall–Kier alpha value is -1.76. The maximum absolute atomic E-state index is 13.0. The first-order valence-corrected chi connectivity index (χ1v) is 12.2. The molecule has 0 bridgehead atoms. The third-order valence-corrected chi connectivity index (χ3v) is 8.59. The van der Waals surface area contributed by atoms with Crippen LogP contribution in [-0.4, -0.2) is 108 Å². The van der Waals surface area contributed by atoms with Crippen LogP contribution in [0.2, 0.25) is 0 Å². The molecule has 3 saturated heterocycles. The first kappa shape index (κ1) is 22.4. The van der Waals surface area contributed by atoms with Crippen LogP contribution >= 0.6 is 0 Å². The van der Waals surface area contributed by atoms with Crippen molar-refractivity contribution in [2.45, 2.75) is 51.4 Å². The van der Waals surface area contributed by atoms with E-state index in [1.165, 1.54) is 13.5 Å². The van der Waals surface area contributed by atoms with E-state index in [4.69, 9.17) is 4.74 Å². The molecule has 1 aliphatic carbocycles. The van der Waals surface area contributed by atoms with Gasteiger partial charge in [0.2, 0.25) is 5.91 Å². The second-order valence-corrected chi connectivity index (χ2v) is 11.1. The van der Waals surface area contributed by atoms with Crippen molar-refractivity contribution < 1.29 is 27.5 Å². The Morgan fingerprint density at radius 3 is 2.19 bits per heavy atom. The molecule has 4 fully saturated rings. The van der Waals surface area contributed by atoms with Crippen LogP contribution in [0.1, 0.15) is 33.6 Å². The Bertz CT molecular complexity index is 859. The van der Waals surface area contributed by atoms with Crippen LogP contribution in [0.4, 0.5) is 4.79 Å². The summed E-state index contributed by atoms with van der Waals surface area (Å²) in [5.41, 5.74) is -0.920. The Labute approximate surface area is 182 Å². The van der Waals surface area contributed by atoms with Gasteiger partial charge in [-0.05, 0) is 39.5 Å². The summed E-state index contributed by atoms with van der Waals surface area (Å²) in [4.78, 5) is 40.2. The van der Waals surface area contributed by atoms with Gasteiger partial charge in [0.1, 0.15) is 12.1 Å². The number of hydrogen-bond donors (Lipinski definition) is 1. The van der Waals surface area contributed by atoms with Crippen LogP contribution in [-0.2, 0) is 24.5 Å². The monoisotopic (exact) mass is 457 g/mol. The van der Waals surface area contributed by atoms with Gasteiger partial charge in [0.15, 0.2) is 0 Å². The molecule has 4 amide bonds. The molecule has 3 unspecified atom stereocenters. The number of nitrogens with zero attached hydrogens (tertiary/aromatic N) is 4. The number of piperazine rings is 1. The number of amides is 4. The molecule has 1 N–H and O–H groups in total. The van der Waals surface area contributed by atoms with Crippen molar-refractivity contribution in [1.82, 2.24) is 23.7 Å². The normalized spacial score (nSPS) is 33.6. The summed E-state index contributed by atoms with van der Waals surface area (Å²) in [5, 5.41) is 2.73. The van der Waals surface area contributed by atoms with E-state index >= 15 is 0 Å². The summed E-state index contributed by atoms with van der Waals surface area (Å²) in [7, 11) is -3.64. The van der Waals surface area contributed by atoms with Gasteiger partial charge in [-0.2, -0.15) is 17.0 Å². The van der Waals surface area contributed by atoms with Gasteiger partial charge in [-0.3, -0.25) is 14.5 Å². The van der Waals surface area contributed by atoms with Gasteiger partial charge >= 0.3 is 6.03 Å². The minimum absolute atomic E-state index is 0.128. The van der Waals surface area contributed by atoms with Crippen LogP contribution in [0, 0.1) is 5.92 Å². The summed E-state index contributed by atoms with van der Waals surface area (Å²) < 4.78 is 34.4. The second kappa shape index (κ2) is 7.98. The Morgan fingerprint density at radius 2 is 1.65 bits per heavy atom. The quantitative estimate of drug-likeness (QED) is 0.540. The van der Waals surface area contributed by atoms with E-state index in [2.05, 4.69) is 5.32 Å². The fourth-order valence-corrected chi connectivity index (χ4v) is 6.43. The molecule has 1 saturated carbocycles. The summed E-state index contributed by atoms with van der Waals surface area (Å²) in [6, 6.07) is -0.537. The first-order chi connectivity index (χ1) is 14.5. The number of rotatable bonds is 5. The summed E-state index contributed by atoms with van der Waals surface area (Å²) in [5.74, 6) is -0.581. The molecule has 11 nitrogen and oxygen atoms in total. The average Bonchev–Trinajstić information content (AvgIpc) is 3.53. The third-order valence-electron chi connectivity index (χ3n) is 6.62. The minimum atomic E-state index is -3.64. The fraction of sp³-hybridized carbons (Fsp3) is 0.842. The van der Waals surface area contributed by atoms with Crippen LogP contribution in [0.25, 0.3) is 0 Å². The zero-order valence-electron chi connectivity index (χ0n) is 18.2. The lowest BCUT2D eigenvalue weighted by atomic mass is 9.96. The summed E-state index contributed by atoms with van der Waals surface area (Å²) in [6.45, 7) is 6.48. The van der Waals surface area contributed by atoms with Crippen molar-refractivity contribution in [2.24, 2.45) is 5.92 Å². The number of hydrogen-bond acceptors (Lipinski definition) is 6. The van der Waals surface area contributed by atoms with Gasteiger partial charge in [-0.1, -0.05) is 0 Å². The molecule has 0 spiro atoms. The molecule has 3 heterocycles. The van der Waals surface area contributed by atoms with E-state index < -0.39 is 21.8 Å². The predicted octanol–water partition coefficient (Wildman–Crippen LogP) is -0.795. The minimum Gasteiger partial charge on any atom is -0.373 e. The molecule has 0 radical (unpaired) electrons. The summed E-state index contributed by atoms with van der Waals surface area (Å²) in [6.07, 6.45) is 1.43. The number of imide groups is 1. The smallest absolute Gasteiger partial charge is 0.325 e. The first-order valence-electron chi connectivity index (χ1n) is 10.8. The highest BCUT2D eigenvalue weighted by Gasteiger charge is 2.56. The number of nitrogens with one attached hydrogen (secondary N) is 1. The Morgan fingerprint density at radius 1 is 1.06 bits per heavy atom. The van der Waals surface area contributed by atoms with E-state index in [1.807, 2.05) is 13.8 Å². The Balaban J connectivity index is 1.33. The molecule has 3 aliphatic heterocycles. The summed E-state index contributed by atoms with van der Waals surface area (Å²) >= 11 is 0. The topological polar surface area (TPSA) is 120 Å². The van der Waals surface area contributed by atoms with Crippen molar-refractivity contribution in [3.63, 3.8) is 0 Å². The van der Waals surface area contributed by atoms with Gasteiger partial charge in [-0.25, -0.2) is 4.79 Å². The largest absolute Gasteiger partial charge is 0.373 e. The lowest BCUT2D eigenvalue weighted by Gasteiger charge is -2.40. The standard InChI is InChI=1S/C19H31N5O6S/c1-13-10-23(11-14(2)30-13)31(28,29)22-8-6-21(7-9-22)16(25)12-24-17(26)19(3,15-4-5-15)20-18(24)27/h13-15H,4-12H2,1-3H3,(H,20,27). The van der Waals surface area contributed by atoms with Crippen LogP contribution < -0.4 is 5.32 Å². The van der Waals surface area contributed by atoms with E-state index in [9.17, 15) is 22.8 Å². The lowest BCUT2D eigenvalue weighted by molar-refractivity contribution is -0.139. The highest BCUT2D eigenvalue weighted by Crippen LogP contribution is 2.42. The molecule has 0 aromatic heterocycles. The molecule has 4 rings (SSSR count). The van der Waals surface area contributed by atoms with Gasteiger partial charge < -0.3 is 15.0 Å². The average molecular weight is 458 g/mol. The molecular formula is C19H31N5O6S. The van der Waals surface area contributed by atoms with Crippen LogP contribution in [0.5, 0.6) is 0 Å². The van der Waals surface area contributed by atoms with Crippen molar-refractivity contribution in [2.75, 3.05) is 45.8 Å². The molecule has 4 aliphatic rings. The van der Waals surface area contributed by atoms with E-state index in [0.29, 0.717) is 13.1 Å². The third kappa shape index (κ3) is 4.18. The highest BCUT2D eigenvalue weighted by molar-refractivity contribution is 7.86. The van der Waals surface area contributed by atoms with Crippen molar-refractivity contribution in [3.8, 4) is 0 Å². The van der Waals surface area contributed by atoms with E-state index in [0.717, 1.165) is 17.7 Å². The molecule has 3 atom stereocenters. The molecule has 174 valence electrons. The molecule has 12 heteroatoms. The fourth-order valence-electron chi connectivity index (χ4n) is 4.68. The zero-order chi connectivity index (χ0) is 22.6. The van der Waals surface area contributed by atoms with Gasteiger partial charge in [0.05, 0.1) is 12.2 Å². The highest BCUT2D eigenvalue weighted by atomic mass is 32.2. The number of urea groups is 1. The molecule has 0 aromatic rings. The van der Waals surface area contributed by atoms with Gasteiger partial charge in [0, 0.05) is 39.3 Å². The maximum atomic E-state index is 13.0. The molecule has 0 aromatic carbocycles. The van der Waals surface area contributed by atoms with E-state index in [-0.39, 0.29) is 62.7 Å². The van der Waals surface area contributed by atoms with Crippen molar-refractivity contribution >= 4 is 28.1 Å². The van der Waals surface area contributed by atoms with Gasteiger partial charge in [-0.15, -0.1) is 0 Å². The molecular weight excluding hydrogens is 426 g/mol. The maximum Gasteiger partial charge on any atom is 0.325 e. The zero-order valence-corrected chi connectivity index (χ0v) is 19.1. The number of morpholine rings is 1. The van der Waals surface area contributed by atoms with Gasteiger partial charge in [0.25, 0.3) is 16.1 Å². The van der Waals surface area contributed by atoms with Crippen molar-refractivity contribution in [1.29, 1.82) is 0 Å². The Kier molecular flexibility index (Phi) is 5.78.